The predicted octanol–water partition coefficient (Wildman–Crippen LogP) is 4.02. The van der Waals surface area contributed by atoms with Gasteiger partial charge in [0.15, 0.2) is 5.79 Å². The SMILES string of the molecule is CCN(CC1CC1)[C@@H]1Cc2ccc(C#N)cc2[C@@]2(C)CC3(CC[C@@H]12)OCCO3. The number of hydrogen-bond donors (Lipinski definition) is 0. The van der Waals surface area contributed by atoms with E-state index in [-0.39, 0.29) is 5.41 Å². The molecule has 4 heteroatoms. The molecule has 28 heavy (non-hydrogen) atoms. The highest BCUT2D eigenvalue weighted by Crippen LogP contribution is 2.55. The minimum absolute atomic E-state index is 0.00926. The monoisotopic (exact) mass is 380 g/mol. The number of nitrogens with zero attached hydrogens (tertiary/aromatic N) is 2. The van der Waals surface area contributed by atoms with E-state index >= 15 is 0 Å². The van der Waals surface area contributed by atoms with Crippen LogP contribution in [-0.4, -0.2) is 43.0 Å². The van der Waals surface area contributed by atoms with E-state index in [0.717, 1.165) is 43.7 Å². The van der Waals surface area contributed by atoms with Gasteiger partial charge in [0.2, 0.25) is 0 Å². The van der Waals surface area contributed by atoms with Crippen molar-refractivity contribution in [1.29, 1.82) is 5.26 Å². The third-order valence-corrected chi connectivity index (χ3v) is 7.92. The molecule has 4 aliphatic rings. The second-order valence-corrected chi connectivity index (χ2v) is 9.63. The molecule has 3 fully saturated rings. The van der Waals surface area contributed by atoms with E-state index in [0.29, 0.717) is 25.2 Å². The molecule has 1 saturated heterocycles. The van der Waals surface area contributed by atoms with E-state index in [4.69, 9.17) is 9.47 Å². The van der Waals surface area contributed by atoms with Crippen molar-refractivity contribution in [3.05, 3.63) is 34.9 Å². The highest BCUT2D eigenvalue weighted by Gasteiger charge is 2.56. The molecule has 4 nitrogen and oxygen atoms in total. The van der Waals surface area contributed by atoms with E-state index < -0.39 is 5.79 Å². The second-order valence-electron chi connectivity index (χ2n) is 9.63. The van der Waals surface area contributed by atoms with Crippen LogP contribution in [0.3, 0.4) is 0 Å². The fourth-order valence-corrected chi connectivity index (χ4v) is 6.37. The van der Waals surface area contributed by atoms with Gasteiger partial charge >= 0.3 is 0 Å². The van der Waals surface area contributed by atoms with Crippen molar-refractivity contribution in [3.63, 3.8) is 0 Å². The van der Waals surface area contributed by atoms with Gasteiger partial charge in [0.05, 0.1) is 24.8 Å². The number of hydrogen-bond acceptors (Lipinski definition) is 4. The fraction of sp³-hybridized carbons (Fsp3) is 0.708. The Morgan fingerprint density at radius 3 is 2.68 bits per heavy atom. The maximum atomic E-state index is 9.50. The molecule has 0 aromatic heterocycles. The van der Waals surface area contributed by atoms with Crippen molar-refractivity contribution in [2.24, 2.45) is 11.8 Å². The van der Waals surface area contributed by atoms with Gasteiger partial charge in [0.1, 0.15) is 0 Å². The maximum Gasteiger partial charge on any atom is 0.169 e. The van der Waals surface area contributed by atoms with Crippen LogP contribution in [0.15, 0.2) is 18.2 Å². The third kappa shape index (κ3) is 3.00. The summed E-state index contributed by atoms with van der Waals surface area (Å²) in [5.41, 5.74) is 3.56. The van der Waals surface area contributed by atoms with Crippen LogP contribution in [0.25, 0.3) is 0 Å². The maximum absolute atomic E-state index is 9.50. The van der Waals surface area contributed by atoms with Crippen molar-refractivity contribution < 1.29 is 9.47 Å². The molecular weight excluding hydrogens is 348 g/mol. The molecular formula is C24H32N2O2. The normalized spacial score (nSPS) is 33.5. The summed E-state index contributed by atoms with van der Waals surface area (Å²) < 4.78 is 12.3. The number of nitriles is 1. The molecule has 1 heterocycles. The Balaban J connectivity index is 1.56. The largest absolute Gasteiger partial charge is 0.348 e. The van der Waals surface area contributed by atoms with Crippen LogP contribution in [0.5, 0.6) is 0 Å². The minimum atomic E-state index is -0.416. The van der Waals surface area contributed by atoms with Crippen LogP contribution in [0.1, 0.15) is 62.6 Å². The Labute approximate surface area is 168 Å². The summed E-state index contributed by atoms with van der Waals surface area (Å²) in [6.45, 7) is 8.52. The molecule has 0 amide bonds. The minimum Gasteiger partial charge on any atom is -0.348 e. The summed E-state index contributed by atoms with van der Waals surface area (Å²) in [5.74, 6) is 1.08. The van der Waals surface area contributed by atoms with Crippen LogP contribution in [0.2, 0.25) is 0 Å². The van der Waals surface area contributed by atoms with Gasteiger partial charge in [-0.3, -0.25) is 4.90 Å². The van der Waals surface area contributed by atoms with Gasteiger partial charge in [0.25, 0.3) is 0 Å². The van der Waals surface area contributed by atoms with Gasteiger partial charge in [-0.1, -0.05) is 19.9 Å². The van der Waals surface area contributed by atoms with Crippen molar-refractivity contribution in [2.75, 3.05) is 26.3 Å². The lowest BCUT2D eigenvalue weighted by Crippen LogP contribution is -2.59. The van der Waals surface area contributed by atoms with Gasteiger partial charge in [-0.05, 0) is 67.3 Å². The molecule has 1 aliphatic heterocycles. The summed E-state index contributed by atoms with van der Waals surface area (Å²) in [7, 11) is 0. The average Bonchev–Trinajstić information content (AvgIpc) is 3.43. The number of likely N-dealkylation sites (N-methyl/N-ethyl adjacent to an activating group) is 1. The zero-order valence-electron chi connectivity index (χ0n) is 17.2. The first-order valence-electron chi connectivity index (χ1n) is 11.1. The standard InChI is InChI=1S/C24H32N2O2/c1-3-26(15-17-4-5-17)22-13-19-7-6-18(14-25)12-21(19)23(2)16-24(9-8-20(22)23)27-10-11-28-24/h6-7,12,17,20,22H,3-5,8-11,13,15-16H2,1-2H3/t20-,22+,23-/m0/s1. The van der Waals surface area contributed by atoms with Gasteiger partial charge in [-0.15, -0.1) is 0 Å². The summed E-state index contributed by atoms with van der Waals surface area (Å²) in [5, 5.41) is 9.50. The molecule has 1 spiro atoms. The predicted molar refractivity (Wildman–Crippen MR) is 108 cm³/mol. The Morgan fingerprint density at radius 2 is 2.00 bits per heavy atom. The number of ether oxygens (including phenoxy) is 2. The molecule has 0 N–H and O–H groups in total. The summed E-state index contributed by atoms with van der Waals surface area (Å²) in [6, 6.07) is 9.30. The van der Waals surface area contributed by atoms with Crippen LogP contribution >= 0.6 is 0 Å². The summed E-state index contributed by atoms with van der Waals surface area (Å²) in [4.78, 5) is 2.76. The zero-order chi connectivity index (χ0) is 19.4. The number of fused-ring (bicyclic) bond motifs is 3. The lowest BCUT2D eigenvalue weighted by atomic mass is 9.55. The first-order valence-corrected chi connectivity index (χ1v) is 11.1. The molecule has 0 unspecified atom stereocenters. The fourth-order valence-electron chi connectivity index (χ4n) is 6.37. The van der Waals surface area contributed by atoms with Crippen molar-refractivity contribution >= 4 is 0 Å². The Bertz CT molecular complexity index is 790. The Hall–Kier alpha value is -1.41. The van der Waals surface area contributed by atoms with Crippen molar-refractivity contribution in [3.8, 4) is 6.07 Å². The molecule has 0 bridgehead atoms. The van der Waals surface area contributed by atoms with E-state index in [9.17, 15) is 5.26 Å². The zero-order valence-corrected chi connectivity index (χ0v) is 17.2. The first-order chi connectivity index (χ1) is 13.6. The Morgan fingerprint density at radius 1 is 1.21 bits per heavy atom. The van der Waals surface area contributed by atoms with E-state index in [1.54, 1.807) is 0 Å². The molecule has 0 radical (unpaired) electrons. The third-order valence-electron chi connectivity index (χ3n) is 7.92. The second kappa shape index (κ2) is 6.83. The van der Waals surface area contributed by atoms with E-state index in [1.807, 2.05) is 6.07 Å². The van der Waals surface area contributed by atoms with Gasteiger partial charge in [0, 0.05) is 30.8 Å². The van der Waals surface area contributed by atoms with Crippen LogP contribution in [0.4, 0.5) is 0 Å². The molecule has 1 aromatic carbocycles. The molecule has 2 saturated carbocycles. The van der Waals surface area contributed by atoms with E-state index in [1.165, 1.54) is 30.5 Å². The average molecular weight is 381 g/mol. The first kappa shape index (κ1) is 18.6. The Kier molecular flexibility index (Phi) is 4.54. The van der Waals surface area contributed by atoms with Crippen LogP contribution in [-0.2, 0) is 21.3 Å². The highest BCUT2D eigenvalue weighted by molar-refractivity contribution is 5.46. The van der Waals surface area contributed by atoms with Crippen LogP contribution < -0.4 is 0 Å². The molecule has 3 aliphatic carbocycles. The molecule has 5 rings (SSSR count). The van der Waals surface area contributed by atoms with Gasteiger partial charge < -0.3 is 9.47 Å². The van der Waals surface area contributed by atoms with Crippen LogP contribution in [0, 0.1) is 23.2 Å². The smallest absolute Gasteiger partial charge is 0.169 e. The summed E-state index contributed by atoms with van der Waals surface area (Å²) >= 11 is 0. The highest BCUT2D eigenvalue weighted by atomic mass is 16.7. The van der Waals surface area contributed by atoms with Gasteiger partial charge in [-0.25, -0.2) is 0 Å². The summed E-state index contributed by atoms with van der Waals surface area (Å²) in [6.07, 6.45) is 6.95. The molecule has 3 atom stereocenters. The lowest BCUT2D eigenvalue weighted by Gasteiger charge is -2.56. The topological polar surface area (TPSA) is 45.5 Å². The quantitative estimate of drug-likeness (QED) is 0.792. The van der Waals surface area contributed by atoms with E-state index in [2.05, 4.69) is 36.9 Å². The number of rotatable bonds is 4. The van der Waals surface area contributed by atoms with Crippen molar-refractivity contribution in [1.82, 2.24) is 4.90 Å². The molecule has 1 aromatic rings. The van der Waals surface area contributed by atoms with Crippen molar-refractivity contribution in [2.45, 2.75) is 69.6 Å². The van der Waals surface area contributed by atoms with Gasteiger partial charge in [-0.2, -0.15) is 5.26 Å². The number of benzene rings is 1. The lowest BCUT2D eigenvalue weighted by molar-refractivity contribution is -0.204. The molecule has 150 valence electrons.